The molecule has 0 spiro atoms. The van der Waals surface area contributed by atoms with E-state index in [1.165, 1.54) is 26.4 Å². The van der Waals surface area contributed by atoms with Gasteiger partial charge in [0.15, 0.2) is 0 Å². The maximum absolute atomic E-state index is 13.1. The van der Waals surface area contributed by atoms with Crippen LogP contribution in [0.25, 0.3) is 0 Å². The SMILES string of the molecule is COc1cc(N)c(Cl)cc1C(=O)NC[C@H]1CCN(CCCCNC(=O)C23CC4CC(CC(C4)C2)C3)C1. The Bertz CT molecular complexity index is 949. The highest BCUT2D eigenvalue weighted by atomic mass is 35.5. The topological polar surface area (TPSA) is 96.7 Å². The number of nitrogens with zero attached hydrogens (tertiary/aromatic N) is 1. The summed E-state index contributed by atoms with van der Waals surface area (Å²) in [5, 5.41) is 6.69. The number of amides is 2. The molecule has 2 amide bonds. The van der Waals surface area contributed by atoms with E-state index in [2.05, 4.69) is 15.5 Å². The molecule has 36 heavy (non-hydrogen) atoms. The second kappa shape index (κ2) is 10.8. The summed E-state index contributed by atoms with van der Waals surface area (Å²) in [5.41, 5.74) is 6.58. The second-order valence-corrected chi connectivity index (χ2v) is 12.3. The summed E-state index contributed by atoms with van der Waals surface area (Å²) in [7, 11) is 1.52. The molecule has 1 aromatic carbocycles. The van der Waals surface area contributed by atoms with Crippen molar-refractivity contribution in [3.05, 3.63) is 22.7 Å². The van der Waals surface area contributed by atoms with E-state index in [9.17, 15) is 9.59 Å². The van der Waals surface area contributed by atoms with Crippen molar-refractivity contribution >= 4 is 29.1 Å². The van der Waals surface area contributed by atoms with Crippen molar-refractivity contribution in [3.63, 3.8) is 0 Å². The molecule has 1 aliphatic heterocycles. The van der Waals surface area contributed by atoms with Crippen molar-refractivity contribution < 1.29 is 14.3 Å². The van der Waals surface area contributed by atoms with Crippen LogP contribution in [-0.2, 0) is 4.79 Å². The Morgan fingerprint density at radius 2 is 1.81 bits per heavy atom. The molecule has 0 radical (unpaired) electrons. The summed E-state index contributed by atoms with van der Waals surface area (Å²) in [6.07, 6.45) is 10.7. The van der Waals surface area contributed by atoms with Crippen molar-refractivity contribution in [1.82, 2.24) is 15.5 Å². The monoisotopic (exact) mass is 516 g/mol. The van der Waals surface area contributed by atoms with Gasteiger partial charge in [-0.15, -0.1) is 0 Å². The minimum atomic E-state index is -0.193. The van der Waals surface area contributed by atoms with Crippen LogP contribution in [0, 0.1) is 29.1 Å². The molecule has 8 heteroatoms. The number of nitrogens with two attached hydrogens (primary N) is 1. The molecule has 4 aliphatic carbocycles. The lowest BCUT2D eigenvalue weighted by Crippen LogP contribution is -2.53. The van der Waals surface area contributed by atoms with E-state index in [1.807, 2.05) is 0 Å². The Balaban J connectivity index is 0.984. The number of nitrogens with one attached hydrogen (secondary N) is 2. The van der Waals surface area contributed by atoms with Gasteiger partial charge in [0.1, 0.15) is 5.75 Å². The van der Waals surface area contributed by atoms with Crippen molar-refractivity contribution in [3.8, 4) is 5.75 Å². The van der Waals surface area contributed by atoms with E-state index < -0.39 is 0 Å². The number of benzene rings is 1. The summed E-state index contributed by atoms with van der Waals surface area (Å²) in [6, 6.07) is 3.15. The molecule has 1 atom stereocenters. The van der Waals surface area contributed by atoms with Gasteiger partial charge in [0.2, 0.25) is 5.91 Å². The predicted octanol–water partition coefficient (Wildman–Crippen LogP) is 4.10. The van der Waals surface area contributed by atoms with Crippen molar-refractivity contribution in [2.75, 3.05) is 45.6 Å². The Morgan fingerprint density at radius 1 is 1.11 bits per heavy atom. The first kappa shape index (κ1) is 25.7. The number of rotatable bonds is 10. The number of carbonyl (C=O) groups is 2. The van der Waals surface area contributed by atoms with Crippen LogP contribution in [0.4, 0.5) is 5.69 Å². The molecule has 198 valence electrons. The van der Waals surface area contributed by atoms with Crippen LogP contribution in [0.5, 0.6) is 5.75 Å². The molecular formula is C28H41ClN4O3. The maximum atomic E-state index is 13.1. The molecule has 1 heterocycles. The minimum absolute atomic E-state index is 0.0386. The Labute approximate surface area is 219 Å². The number of carbonyl (C=O) groups excluding carboxylic acids is 2. The first-order chi connectivity index (χ1) is 17.3. The van der Waals surface area contributed by atoms with Gasteiger partial charge in [0.05, 0.1) is 23.4 Å². The van der Waals surface area contributed by atoms with Crippen LogP contribution >= 0.6 is 11.6 Å². The van der Waals surface area contributed by atoms with Gasteiger partial charge in [-0.25, -0.2) is 0 Å². The Hall–Kier alpha value is -1.99. The normalized spacial score (nSPS) is 30.9. The van der Waals surface area contributed by atoms with Crippen molar-refractivity contribution in [2.24, 2.45) is 29.1 Å². The lowest BCUT2D eigenvalue weighted by molar-refractivity contribution is -0.146. The summed E-state index contributed by atoms with van der Waals surface area (Å²) < 4.78 is 5.30. The minimum Gasteiger partial charge on any atom is -0.496 e. The smallest absolute Gasteiger partial charge is 0.255 e. The number of unbranched alkanes of at least 4 members (excludes halogenated alkanes) is 1. The molecule has 7 nitrogen and oxygen atoms in total. The van der Waals surface area contributed by atoms with Gasteiger partial charge >= 0.3 is 0 Å². The molecule has 1 saturated heterocycles. The van der Waals surface area contributed by atoms with Crippen LogP contribution in [0.2, 0.25) is 5.02 Å². The fourth-order valence-corrected chi connectivity index (χ4v) is 7.93. The van der Waals surface area contributed by atoms with Crippen LogP contribution in [0.3, 0.4) is 0 Å². The van der Waals surface area contributed by atoms with E-state index in [0.717, 1.165) is 82.5 Å². The Kier molecular flexibility index (Phi) is 7.68. The highest BCUT2D eigenvalue weighted by Gasteiger charge is 2.54. The highest BCUT2D eigenvalue weighted by Crippen LogP contribution is 2.60. The van der Waals surface area contributed by atoms with Gasteiger partial charge in [0.25, 0.3) is 5.91 Å². The quantitative estimate of drug-likeness (QED) is 0.321. The van der Waals surface area contributed by atoms with Crippen LogP contribution in [-0.4, -0.2) is 56.5 Å². The first-order valence-corrected chi connectivity index (χ1v) is 14.1. The third kappa shape index (κ3) is 5.47. The zero-order valence-corrected chi connectivity index (χ0v) is 22.2. The highest BCUT2D eigenvalue weighted by molar-refractivity contribution is 6.33. The van der Waals surface area contributed by atoms with E-state index >= 15 is 0 Å². The van der Waals surface area contributed by atoms with E-state index in [4.69, 9.17) is 22.1 Å². The van der Waals surface area contributed by atoms with E-state index in [1.54, 1.807) is 12.1 Å². The summed E-state index contributed by atoms with van der Waals surface area (Å²) in [5.74, 6) is 3.43. The average molecular weight is 517 g/mol. The number of anilines is 1. The predicted molar refractivity (Wildman–Crippen MR) is 142 cm³/mol. The van der Waals surface area contributed by atoms with Gasteiger partial charge in [0, 0.05) is 31.1 Å². The van der Waals surface area contributed by atoms with Gasteiger partial charge in [-0.3, -0.25) is 9.59 Å². The lowest BCUT2D eigenvalue weighted by atomic mass is 9.49. The number of hydrogen-bond acceptors (Lipinski definition) is 5. The number of halogens is 1. The number of methoxy groups -OCH3 is 1. The Morgan fingerprint density at radius 3 is 2.47 bits per heavy atom. The molecule has 4 N–H and O–H groups in total. The number of likely N-dealkylation sites (tertiary alicyclic amines) is 1. The molecule has 0 aromatic heterocycles. The van der Waals surface area contributed by atoms with Gasteiger partial charge in [-0.2, -0.15) is 0 Å². The molecular weight excluding hydrogens is 476 g/mol. The molecule has 0 unspecified atom stereocenters. The molecule has 5 aliphatic rings. The lowest BCUT2D eigenvalue weighted by Gasteiger charge is -2.55. The van der Waals surface area contributed by atoms with E-state index in [0.29, 0.717) is 40.4 Å². The number of ether oxygens (including phenoxy) is 1. The van der Waals surface area contributed by atoms with Gasteiger partial charge in [-0.05, 0) is 101 Å². The third-order valence-corrected chi connectivity index (χ3v) is 9.52. The van der Waals surface area contributed by atoms with Gasteiger partial charge < -0.3 is 26.0 Å². The number of hydrogen-bond donors (Lipinski definition) is 3. The standard InChI is InChI=1S/C28H41ClN4O3/c1-36-25-12-24(30)23(29)11-22(25)26(34)32-16-18-4-7-33(17-18)6-3-2-5-31-27(35)28-13-19-8-20(14-28)10-21(9-19)15-28/h11-12,18-21H,2-10,13-17,30H2,1H3,(H,31,35)(H,32,34)/t18-,19?,20?,21?,28?/m1/s1. The van der Waals surface area contributed by atoms with E-state index in [-0.39, 0.29) is 11.3 Å². The fourth-order valence-electron chi connectivity index (χ4n) is 7.77. The fraction of sp³-hybridized carbons (Fsp3) is 0.714. The van der Waals surface area contributed by atoms with Crippen LogP contribution in [0.15, 0.2) is 12.1 Å². The zero-order chi connectivity index (χ0) is 25.3. The molecule has 5 fully saturated rings. The van der Waals surface area contributed by atoms with Crippen molar-refractivity contribution in [1.29, 1.82) is 0 Å². The summed E-state index contributed by atoms with van der Waals surface area (Å²) in [6.45, 7) is 4.50. The van der Waals surface area contributed by atoms with Crippen molar-refractivity contribution in [2.45, 2.75) is 57.8 Å². The molecule has 6 rings (SSSR count). The average Bonchev–Trinajstić information content (AvgIpc) is 3.30. The first-order valence-electron chi connectivity index (χ1n) is 13.8. The molecule has 1 aromatic rings. The second-order valence-electron chi connectivity index (χ2n) is 11.9. The van der Waals surface area contributed by atoms with Crippen LogP contribution < -0.4 is 21.1 Å². The zero-order valence-electron chi connectivity index (χ0n) is 21.5. The third-order valence-electron chi connectivity index (χ3n) is 9.19. The molecule has 4 bridgehead atoms. The van der Waals surface area contributed by atoms with Gasteiger partial charge in [-0.1, -0.05) is 11.6 Å². The summed E-state index contributed by atoms with van der Waals surface area (Å²) in [4.78, 5) is 28.2. The summed E-state index contributed by atoms with van der Waals surface area (Å²) >= 11 is 6.10. The maximum Gasteiger partial charge on any atom is 0.255 e. The van der Waals surface area contributed by atoms with Crippen LogP contribution in [0.1, 0.15) is 68.1 Å². The number of nitrogen functional groups attached to an aromatic ring is 1. The molecule has 4 saturated carbocycles. The largest absolute Gasteiger partial charge is 0.496 e.